The van der Waals surface area contributed by atoms with Crippen LogP contribution < -0.4 is 5.32 Å². The van der Waals surface area contributed by atoms with E-state index >= 15 is 0 Å². The number of carbonyl (C=O) groups excluding carboxylic acids is 1. The second-order valence-corrected chi connectivity index (χ2v) is 10.1. The number of benzene rings is 3. The topological polar surface area (TPSA) is 62.2 Å². The number of thioether (sulfide) groups is 1. The van der Waals surface area contributed by atoms with Crippen LogP contribution in [-0.4, -0.2) is 20.3 Å². The second kappa shape index (κ2) is 10.9. The standard InChI is InChI=1S/C32H23FN4OS/c33-27-10-6-22(7-11-27)5-8-25-18-26(32(38)35-20-23-13-15-37-16-14-34-31(37)17-23)9-12-30(25)39-21-28-19-24-3-1-2-4-29(24)36-28/h1-4,6-7,9-19,36H,20-21H2,(H,35,38). The lowest BCUT2D eigenvalue weighted by Gasteiger charge is -2.09. The fourth-order valence-electron chi connectivity index (χ4n) is 4.28. The zero-order chi connectivity index (χ0) is 26.6. The number of imidazole rings is 1. The van der Waals surface area contributed by atoms with Gasteiger partial charge < -0.3 is 14.7 Å². The van der Waals surface area contributed by atoms with Gasteiger partial charge in [0.1, 0.15) is 11.5 Å². The van der Waals surface area contributed by atoms with Gasteiger partial charge in [0.25, 0.3) is 5.91 Å². The van der Waals surface area contributed by atoms with Crippen LogP contribution in [0.5, 0.6) is 0 Å². The Kier molecular flexibility index (Phi) is 6.86. The summed E-state index contributed by atoms with van der Waals surface area (Å²) in [6.07, 6.45) is 5.54. The summed E-state index contributed by atoms with van der Waals surface area (Å²) in [5, 5.41) is 4.16. The van der Waals surface area contributed by atoms with Gasteiger partial charge in [-0.25, -0.2) is 9.37 Å². The smallest absolute Gasteiger partial charge is 0.251 e. The number of halogens is 1. The summed E-state index contributed by atoms with van der Waals surface area (Å²) in [7, 11) is 0. The fraction of sp³-hybridized carbons (Fsp3) is 0.0625. The number of pyridine rings is 1. The monoisotopic (exact) mass is 530 g/mol. The number of nitrogens with zero attached hydrogens (tertiary/aromatic N) is 2. The SMILES string of the molecule is O=C(NCc1ccn2ccnc2c1)c1ccc(SCc2cc3ccccc3[nH]2)c(C#Cc2ccc(F)cc2)c1. The molecule has 0 unspecified atom stereocenters. The number of hydrogen-bond donors (Lipinski definition) is 2. The Hall–Kier alpha value is -4.80. The molecule has 0 aliphatic heterocycles. The minimum Gasteiger partial charge on any atom is -0.358 e. The summed E-state index contributed by atoms with van der Waals surface area (Å²) in [5.74, 6) is 6.55. The number of H-pyrrole nitrogens is 1. The third-order valence-electron chi connectivity index (χ3n) is 6.31. The Balaban J connectivity index is 1.23. The van der Waals surface area contributed by atoms with Crippen molar-refractivity contribution in [2.45, 2.75) is 17.2 Å². The lowest BCUT2D eigenvalue weighted by Crippen LogP contribution is -2.23. The van der Waals surface area contributed by atoms with Gasteiger partial charge >= 0.3 is 0 Å². The summed E-state index contributed by atoms with van der Waals surface area (Å²) in [6, 6.07) is 25.9. The van der Waals surface area contributed by atoms with E-state index in [9.17, 15) is 9.18 Å². The maximum atomic E-state index is 13.3. The van der Waals surface area contributed by atoms with Crippen LogP contribution in [0, 0.1) is 17.7 Å². The van der Waals surface area contributed by atoms with Crippen molar-refractivity contribution in [1.82, 2.24) is 19.7 Å². The number of rotatable bonds is 6. The first-order chi connectivity index (χ1) is 19.1. The summed E-state index contributed by atoms with van der Waals surface area (Å²) in [5.41, 5.74) is 5.97. The molecule has 0 saturated carbocycles. The summed E-state index contributed by atoms with van der Waals surface area (Å²) < 4.78 is 15.3. The molecular formula is C32H23FN4OS. The molecule has 0 atom stereocenters. The number of aromatic nitrogens is 3. The van der Waals surface area contributed by atoms with Crippen molar-refractivity contribution in [3.8, 4) is 11.8 Å². The van der Waals surface area contributed by atoms with Gasteiger partial charge in [0.15, 0.2) is 0 Å². The number of aromatic amines is 1. The van der Waals surface area contributed by atoms with Crippen LogP contribution in [0.3, 0.4) is 0 Å². The Morgan fingerprint density at radius 2 is 1.85 bits per heavy atom. The van der Waals surface area contributed by atoms with Crippen LogP contribution in [0.1, 0.15) is 32.7 Å². The van der Waals surface area contributed by atoms with E-state index in [1.165, 1.54) is 17.5 Å². The van der Waals surface area contributed by atoms with E-state index in [4.69, 9.17) is 0 Å². The molecule has 6 aromatic rings. The van der Waals surface area contributed by atoms with Crippen molar-refractivity contribution < 1.29 is 9.18 Å². The molecule has 0 aliphatic carbocycles. The number of fused-ring (bicyclic) bond motifs is 2. The van der Waals surface area contributed by atoms with Crippen LogP contribution in [0.15, 0.2) is 108 Å². The molecule has 7 heteroatoms. The highest BCUT2D eigenvalue weighted by atomic mass is 32.2. The quantitative estimate of drug-likeness (QED) is 0.189. The first-order valence-electron chi connectivity index (χ1n) is 12.4. The van der Waals surface area contributed by atoms with E-state index in [0.717, 1.165) is 38.6 Å². The third-order valence-corrected chi connectivity index (χ3v) is 7.43. The highest BCUT2D eigenvalue weighted by Crippen LogP contribution is 2.28. The van der Waals surface area contributed by atoms with Crippen LogP contribution in [0.2, 0.25) is 0 Å². The normalized spacial score (nSPS) is 10.9. The molecule has 3 heterocycles. The molecule has 39 heavy (non-hydrogen) atoms. The van der Waals surface area contributed by atoms with Crippen molar-refractivity contribution in [3.05, 3.63) is 137 Å². The van der Waals surface area contributed by atoms with E-state index in [0.29, 0.717) is 17.7 Å². The molecule has 3 aromatic carbocycles. The molecule has 5 nitrogen and oxygen atoms in total. The number of amides is 1. The first kappa shape index (κ1) is 24.5. The molecular weight excluding hydrogens is 507 g/mol. The minimum atomic E-state index is -0.305. The largest absolute Gasteiger partial charge is 0.358 e. The molecule has 0 aliphatic rings. The Labute approximate surface area is 229 Å². The maximum absolute atomic E-state index is 13.3. The Morgan fingerprint density at radius 3 is 2.72 bits per heavy atom. The van der Waals surface area contributed by atoms with Gasteiger partial charge in [-0.15, -0.1) is 11.8 Å². The first-order valence-corrected chi connectivity index (χ1v) is 13.4. The fourth-order valence-corrected chi connectivity index (χ4v) is 5.18. The van der Waals surface area contributed by atoms with Gasteiger partial charge in [-0.05, 0) is 77.7 Å². The highest BCUT2D eigenvalue weighted by molar-refractivity contribution is 7.98. The van der Waals surface area contributed by atoms with E-state index in [2.05, 4.69) is 45.3 Å². The van der Waals surface area contributed by atoms with Gasteiger partial charge in [-0.2, -0.15) is 0 Å². The number of carbonyl (C=O) groups is 1. The summed E-state index contributed by atoms with van der Waals surface area (Å²) in [4.78, 5) is 21.8. The predicted octanol–water partition coefficient (Wildman–Crippen LogP) is 6.58. The molecule has 0 bridgehead atoms. The van der Waals surface area contributed by atoms with Gasteiger partial charge in [0.2, 0.25) is 0 Å². The van der Waals surface area contributed by atoms with Gasteiger partial charge in [0, 0.05) is 63.7 Å². The lowest BCUT2D eigenvalue weighted by molar-refractivity contribution is 0.0951. The van der Waals surface area contributed by atoms with Gasteiger partial charge in [-0.1, -0.05) is 30.0 Å². The zero-order valence-electron chi connectivity index (χ0n) is 20.8. The minimum absolute atomic E-state index is 0.185. The van der Waals surface area contributed by atoms with E-state index in [1.54, 1.807) is 30.1 Å². The van der Waals surface area contributed by atoms with E-state index < -0.39 is 0 Å². The van der Waals surface area contributed by atoms with Gasteiger partial charge in [-0.3, -0.25) is 4.79 Å². The molecule has 1 amide bonds. The van der Waals surface area contributed by atoms with E-state index in [1.807, 2.05) is 59.3 Å². The maximum Gasteiger partial charge on any atom is 0.251 e. The summed E-state index contributed by atoms with van der Waals surface area (Å²) in [6.45, 7) is 0.385. The molecule has 0 fully saturated rings. The molecule has 190 valence electrons. The van der Waals surface area contributed by atoms with Crippen molar-refractivity contribution in [3.63, 3.8) is 0 Å². The van der Waals surface area contributed by atoms with Gasteiger partial charge in [0.05, 0.1) is 0 Å². The molecule has 0 radical (unpaired) electrons. The molecule has 0 spiro atoms. The highest BCUT2D eigenvalue weighted by Gasteiger charge is 2.11. The van der Waals surface area contributed by atoms with Crippen LogP contribution >= 0.6 is 11.8 Å². The van der Waals surface area contributed by atoms with Crippen molar-refractivity contribution in [2.75, 3.05) is 0 Å². The third kappa shape index (κ3) is 5.71. The summed E-state index contributed by atoms with van der Waals surface area (Å²) >= 11 is 1.65. The van der Waals surface area contributed by atoms with E-state index in [-0.39, 0.29) is 11.7 Å². The van der Waals surface area contributed by atoms with Crippen molar-refractivity contribution in [2.24, 2.45) is 0 Å². The van der Waals surface area contributed by atoms with Crippen LogP contribution in [0.4, 0.5) is 4.39 Å². The lowest BCUT2D eigenvalue weighted by atomic mass is 10.1. The zero-order valence-corrected chi connectivity index (χ0v) is 21.6. The van der Waals surface area contributed by atoms with Crippen molar-refractivity contribution in [1.29, 1.82) is 0 Å². The van der Waals surface area contributed by atoms with Crippen LogP contribution in [0.25, 0.3) is 16.6 Å². The molecule has 2 N–H and O–H groups in total. The molecule has 6 rings (SSSR count). The van der Waals surface area contributed by atoms with Crippen molar-refractivity contribution >= 4 is 34.2 Å². The number of hydrogen-bond acceptors (Lipinski definition) is 3. The number of nitrogens with one attached hydrogen (secondary N) is 2. The average molecular weight is 531 g/mol. The van der Waals surface area contributed by atoms with Crippen LogP contribution in [-0.2, 0) is 12.3 Å². The predicted molar refractivity (Wildman–Crippen MR) is 153 cm³/mol. The molecule has 0 saturated heterocycles. The Bertz CT molecular complexity index is 1830. The second-order valence-electron chi connectivity index (χ2n) is 9.05. The number of para-hydroxylation sites is 1. The average Bonchev–Trinajstić information content (AvgIpc) is 3.61. The Morgan fingerprint density at radius 1 is 0.974 bits per heavy atom. The molecule has 3 aromatic heterocycles.